The molecule has 6 saturated carbocycles. The van der Waals surface area contributed by atoms with Gasteiger partial charge in [-0.05, 0) is 33.2 Å². The van der Waals surface area contributed by atoms with Gasteiger partial charge in [-0.25, -0.2) is 0 Å². The van der Waals surface area contributed by atoms with E-state index in [-0.39, 0.29) is 0 Å². The zero-order chi connectivity index (χ0) is 32.0. The maximum atomic E-state index is 7.50. The van der Waals surface area contributed by atoms with E-state index in [9.17, 15) is 0 Å². The fourth-order valence-corrected chi connectivity index (χ4v) is 37.7. The van der Waals surface area contributed by atoms with E-state index < -0.39 is 56.7 Å². The predicted molar refractivity (Wildman–Crippen MR) is 212 cm³/mol. The standard InChI is InChI=1S/C36H74O5Si6/c1-7-19-31(20-8-1)46(32-21-9-2-10-22-32,33-23-11-3-12-24-33)40-44-38-42-37-43-39-45-41-47(34-25-13-4-14-26-34,35-27-15-5-16-28-35)36-29-17-6-18-30-36/h31-36H,1-30,42-45H2. The topological polar surface area (TPSA) is 46.2 Å². The molecule has 0 aromatic rings. The lowest BCUT2D eigenvalue weighted by atomic mass is 9.98. The van der Waals surface area contributed by atoms with Crippen molar-refractivity contribution in [2.45, 2.75) is 226 Å². The molecule has 0 amide bonds. The Labute approximate surface area is 301 Å². The van der Waals surface area contributed by atoms with Crippen molar-refractivity contribution in [1.29, 1.82) is 0 Å². The molecule has 0 saturated heterocycles. The van der Waals surface area contributed by atoms with Crippen LogP contribution in [0.3, 0.4) is 0 Å². The molecule has 0 aromatic heterocycles. The quantitative estimate of drug-likeness (QED) is 0.116. The van der Waals surface area contributed by atoms with E-state index in [2.05, 4.69) is 0 Å². The SMILES string of the molecule is C1CCC([Si](O[SiH2]O[SiH2]O[SiH2]O[SiH2]O[Si](C2CCCCC2)(C2CCCCC2)C2CCCCC2)(C2CCCCC2)C2CCCCC2)CC1. The van der Waals surface area contributed by atoms with Gasteiger partial charge in [0.1, 0.15) is 0 Å². The molecule has 0 bridgehead atoms. The van der Waals surface area contributed by atoms with Gasteiger partial charge in [0.15, 0.2) is 16.6 Å². The third-order valence-corrected chi connectivity index (χ3v) is 34.6. The summed E-state index contributed by atoms with van der Waals surface area (Å²) in [7, 11) is -7.67. The van der Waals surface area contributed by atoms with E-state index >= 15 is 0 Å². The van der Waals surface area contributed by atoms with Gasteiger partial charge in [0.25, 0.3) is 40.0 Å². The second-order valence-electron chi connectivity index (χ2n) is 17.1. The van der Waals surface area contributed by atoms with Crippen LogP contribution in [-0.4, -0.2) is 56.7 Å². The third kappa shape index (κ3) is 9.76. The molecular formula is C36H74O5Si6. The number of rotatable bonds is 16. The second kappa shape index (κ2) is 20.4. The van der Waals surface area contributed by atoms with Gasteiger partial charge < -0.3 is 20.6 Å². The molecule has 0 aliphatic heterocycles. The maximum absolute atomic E-state index is 7.50. The van der Waals surface area contributed by atoms with Gasteiger partial charge in [0.05, 0.1) is 0 Å². The summed E-state index contributed by atoms with van der Waals surface area (Å²) < 4.78 is 34.3. The van der Waals surface area contributed by atoms with Crippen LogP contribution in [0.2, 0.25) is 33.2 Å². The highest BCUT2D eigenvalue weighted by Gasteiger charge is 2.55. The first-order chi connectivity index (χ1) is 23.3. The summed E-state index contributed by atoms with van der Waals surface area (Å²) in [6.07, 6.45) is 43.6. The van der Waals surface area contributed by atoms with Crippen LogP contribution in [0.25, 0.3) is 0 Å². The number of hydrogen-bond donors (Lipinski definition) is 0. The van der Waals surface area contributed by atoms with E-state index in [0.717, 1.165) is 33.2 Å². The van der Waals surface area contributed by atoms with Gasteiger partial charge in [0, 0.05) is 0 Å². The van der Waals surface area contributed by atoms with Gasteiger partial charge in [-0.3, -0.25) is 0 Å². The fourth-order valence-electron chi connectivity index (χ4n) is 12.5. The Bertz CT molecular complexity index is 692. The lowest BCUT2D eigenvalue weighted by molar-refractivity contribution is 0.318. The van der Waals surface area contributed by atoms with E-state index in [1.165, 1.54) is 193 Å². The van der Waals surface area contributed by atoms with Crippen molar-refractivity contribution in [3.05, 3.63) is 0 Å². The number of hydrogen-bond acceptors (Lipinski definition) is 5. The Morgan fingerprint density at radius 3 is 0.660 bits per heavy atom. The zero-order valence-electron chi connectivity index (χ0n) is 30.5. The largest absolute Gasteiger partial charge is 0.440 e. The average Bonchev–Trinajstić information content (AvgIpc) is 3.16. The molecule has 47 heavy (non-hydrogen) atoms. The second-order valence-corrected chi connectivity index (χ2v) is 33.6. The first-order valence-corrected chi connectivity index (χ1v) is 30.2. The summed E-state index contributed by atoms with van der Waals surface area (Å²) in [4.78, 5) is 0. The van der Waals surface area contributed by atoms with Crippen molar-refractivity contribution < 1.29 is 20.6 Å². The van der Waals surface area contributed by atoms with Crippen LogP contribution < -0.4 is 0 Å². The molecule has 0 N–H and O–H groups in total. The van der Waals surface area contributed by atoms with Crippen molar-refractivity contribution in [2.24, 2.45) is 0 Å². The zero-order valence-corrected chi connectivity index (χ0v) is 38.2. The predicted octanol–water partition coefficient (Wildman–Crippen LogP) is 8.96. The van der Waals surface area contributed by atoms with Crippen molar-refractivity contribution in [2.75, 3.05) is 0 Å². The molecule has 272 valence electrons. The highest BCUT2D eigenvalue weighted by atomic mass is 28.4. The Balaban J connectivity index is 1.01. The summed E-state index contributed by atoms with van der Waals surface area (Å²) in [5.74, 6) is 0. The summed E-state index contributed by atoms with van der Waals surface area (Å²) in [5, 5.41) is 0. The minimum absolute atomic E-state index is 0.906. The van der Waals surface area contributed by atoms with Crippen LogP contribution in [0.15, 0.2) is 0 Å². The van der Waals surface area contributed by atoms with Crippen LogP contribution in [-0.2, 0) is 20.6 Å². The Morgan fingerprint density at radius 1 is 0.255 bits per heavy atom. The van der Waals surface area contributed by atoms with Gasteiger partial charge in [-0.1, -0.05) is 193 Å². The van der Waals surface area contributed by atoms with Crippen molar-refractivity contribution in [3.63, 3.8) is 0 Å². The summed E-state index contributed by atoms with van der Waals surface area (Å²) in [6, 6.07) is 0. The van der Waals surface area contributed by atoms with Crippen LogP contribution in [0.4, 0.5) is 0 Å². The Kier molecular flexibility index (Phi) is 16.4. The van der Waals surface area contributed by atoms with Crippen LogP contribution >= 0.6 is 0 Å². The molecular weight excluding hydrogens is 681 g/mol. The Hall–Kier alpha value is 1.10. The average molecular weight is 755 g/mol. The summed E-state index contributed by atoms with van der Waals surface area (Å²) in [6.45, 7) is 0. The normalized spacial score (nSPS) is 27.6. The fraction of sp³-hybridized carbons (Fsp3) is 1.00. The minimum Gasteiger partial charge on any atom is -0.440 e. The van der Waals surface area contributed by atoms with Crippen LogP contribution in [0.5, 0.6) is 0 Å². The van der Waals surface area contributed by atoms with Gasteiger partial charge >= 0.3 is 0 Å². The monoisotopic (exact) mass is 754 g/mol. The Morgan fingerprint density at radius 2 is 0.447 bits per heavy atom. The molecule has 11 heteroatoms. The molecule has 0 unspecified atom stereocenters. The molecule has 0 radical (unpaired) electrons. The smallest absolute Gasteiger partial charge is 0.286 e. The van der Waals surface area contributed by atoms with Crippen molar-refractivity contribution >= 4 is 56.7 Å². The lowest BCUT2D eigenvalue weighted by Crippen LogP contribution is -2.55. The van der Waals surface area contributed by atoms with E-state index in [4.69, 9.17) is 20.6 Å². The van der Waals surface area contributed by atoms with Gasteiger partial charge in [0.2, 0.25) is 0 Å². The van der Waals surface area contributed by atoms with Crippen molar-refractivity contribution in [3.8, 4) is 0 Å². The highest BCUT2D eigenvalue weighted by Crippen LogP contribution is 2.58. The molecule has 0 heterocycles. The van der Waals surface area contributed by atoms with E-state index in [1.807, 2.05) is 0 Å². The molecule has 6 aliphatic carbocycles. The summed E-state index contributed by atoms with van der Waals surface area (Å²) >= 11 is 0. The first kappa shape index (κ1) is 37.8. The molecule has 0 spiro atoms. The van der Waals surface area contributed by atoms with Crippen LogP contribution in [0, 0.1) is 0 Å². The first-order valence-electron chi connectivity index (χ1n) is 21.3. The third-order valence-electron chi connectivity index (χ3n) is 14.6. The van der Waals surface area contributed by atoms with Crippen molar-refractivity contribution in [1.82, 2.24) is 0 Å². The van der Waals surface area contributed by atoms with E-state index in [0.29, 0.717) is 0 Å². The minimum atomic E-state index is -1.87. The van der Waals surface area contributed by atoms with Gasteiger partial charge in [-0.2, -0.15) is 0 Å². The molecule has 6 fully saturated rings. The lowest BCUT2D eigenvalue weighted by Gasteiger charge is -2.52. The van der Waals surface area contributed by atoms with E-state index in [1.54, 1.807) is 0 Å². The van der Waals surface area contributed by atoms with Crippen LogP contribution in [0.1, 0.15) is 193 Å². The molecule has 0 aromatic carbocycles. The molecule has 5 nitrogen and oxygen atoms in total. The highest BCUT2D eigenvalue weighted by molar-refractivity contribution is 6.82. The van der Waals surface area contributed by atoms with Gasteiger partial charge in [-0.15, -0.1) is 0 Å². The maximum Gasteiger partial charge on any atom is 0.286 e. The molecule has 0 atom stereocenters. The molecule has 6 aliphatic rings. The summed E-state index contributed by atoms with van der Waals surface area (Å²) in [5.41, 5.74) is 5.44. The molecule has 6 rings (SSSR count).